The van der Waals surface area contributed by atoms with Crippen LogP contribution in [0.2, 0.25) is 0 Å². The Balaban J connectivity index is 2.32. The van der Waals surface area contributed by atoms with Crippen molar-refractivity contribution in [1.29, 1.82) is 0 Å². The molecule has 1 heterocycles. The van der Waals surface area contributed by atoms with Crippen LogP contribution in [0.4, 0.5) is 0 Å². The van der Waals surface area contributed by atoms with Gasteiger partial charge in [0.25, 0.3) is 0 Å². The van der Waals surface area contributed by atoms with Gasteiger partial charge in [0.15, 0.2) is 0 Å². The summed E-state index contributed by atoms with van der Waals surface area (Å²) in [6, 6.07) is 0.129. The highest BCUT2D eigenvalue weighted by Crippen LogP contribution is 1.98. The van der Waals surface area contributed by atoms with Gasteiger partial charge in [-0.3, -0.25) is 4.79 Å². The van der Waals surface area contributed by atoms with Crippen molar-refractivity contribution in [3.05, 3.63) is 0 Å². The number of carbonyl (C=O) groups is 1. The Morgan fingerprint density at radius 2 is 2.62 bits per heavy atom. The molecule has 1 saturated heterocycles. The predicted octanol–water partition coefficient (Wildman–Crippen LogP) is -0.382. The van der Waals surface area contributed by atoms with Crippen LogP contribution in [0.15, 0.2) is 0 Å². The smallest absolute Gasteiger partial charge is 0.221 e. The van der Waals surface area contributed by atoms with E-state index < -0.39 is 0 Å². The number of nitrogens with one attached hydrogen (secondary N) is 2. The Bertz CT molecular complexity index is 106. The first-order chi connectivity index (χ1) is 3.83. The molecule has 0 saturated carbocycles. The molecule has 0 spiro atoms. The summed E-state index contributed by atoms with van der Waals surface area (Å²) in [4.78, 5) is 12.9. The van der Waals surface area contributed by atoms with Crippen molar-refractivity contribution < 1.29 is 4.79 Å². The largest absolute Gasteiger partial charge is 0.354 e. The monoisotopic (exact) mass is 134 g/mol. The molecule has 1 aliphatic heterocycles. The zero-order chi connectivity index (χ0) is 5.98. The zero-order valence-corrected chi connectivity index (χ0v) is 5.03. The van der Waals surface area contributed by atoms with Crippen molar-refractivity contribution in [3.63, 3.8) is 0 Å². The summed E-state index contributed by atoms with van der Waals surface area (Å²) in [7, 11) is 0. The van der Waals surface area contributed by atoms with E-state index in [0.29, 0.717) is 13.0 Å². The van der Waals surface area contributed by atoms with Gasteiger partial charge >= 0.3 is 0 Å². The van der Waals surface area contributed by atoms with Crippen molar-refractivity contribution in [2.75, 3.05) is 6.54 Å². The fraction of sp³-hybridized carbons (Fsp3) is 0.750. The highest BCUT2D eigenvalue weighted by atomic mass is 35.5. The van der Waals surface area contributed by atoms with E-state index in [0.717, 1.165) is 0 Å². The molecule has 1 amide bonds. The maximum atomic E-state index is 10.4. The first-order valence-electron chi connectivity index (χ1n) is 2.46. The minimum atomic E-state index is 0.0724. The van der Waals surface area contributed by atoms with Gasteiger partial charge in [0.2, 0.25) is 5.91 Å². The molecule has 2 N–H and O–H groups in total. The van der Waals surface area contributed by atoms with Crippen molar-refractivity contribution in [1.82, 2.24) is 10.2 Å². The molecule has 8 heavy (non-hydrogen) atoms. The fourth-order valence-corrected chi connectivity index (χ4v) is 0.837. The predicted molar refractivity (Wildman–Crippen MR) is 30.4 cm³/mol. The summed E-state index contributed by atoms with van der Waals surface area (Å²) in [5.41, 5.74) is 0. The first-order valence-corrected chi connectivity index (χ1v) is 2.83. The van der Waals surface area contributed by atoms with Gasteiger partial charge in [0.1, 0.15) is 0 Å². The molecular formula is C4H7ClN2O. The Labute approximate surface area is 52.5 Å². The number of hydrogen-bond donors (Lipinski definition) is 2. The number of halogens is 1. The molecule has 1 fully saturated rings. The lowest BCUT2D eigenvalue weighted by Gasteiger charge is -1.98. The van der Waals surface area contributed by atoms with E-state index in [9.17, 15) is 4.79 Å². The highest BCUT2D eigenvalue weighted by molar-refractivity contribution is 6.13. The quantitative estimate of drug-likeness (QED) is 0.480. The average molecular weight is 135 g/mol. The number of amides is 1. The lowest BCUT2D eigenvalue weighted by molar-refractivity contribution is -0.119. The summed E-state index contributed by atoms with van der Waals surface area (Å²) in [5, 5.41) is 2.63. The molecular weight excluding hydrogens is 128 g/mol. The molecule has 1 aliphatic rings. The lowest BCUT2D eigenvalue weighted by atomic mass is 10.3. The van der Waals surface area contributed by atoms with Crippen LogP contribution in [0, 0.1) is 0 Å². The molecule has 46 valence electrons. The standard InChI is InChI=1S/C4H7ClN2O/c5-7-3-1-4(8)6-2-3/h3,7H,1-2H2,(H,6,8). The Hall–Kier alpha value is -0.280. The van der Waals surface area contributed by atoms with E-state index in [1.165, 1.54) is 0 Å². The zero-order valence-electron chi connectivity index (χ0n) is 4.28. The van der Waals surface area contributed by atoms with Gasteiger partial charge in [-0.15, -0.1) is 0 Å². The van der Waals surface area contributed by atoms with Gasteiger partial charge in [-0.25, -0.2) is 4.84 Å². The van der Waals surface area contributed by atoms with Crippen LogP contribution in [0.1, 0.15) is 6.42 Å². The normalized spacial score (nSPS) is 28.1. The Kier molecular flexibility index (Phi) is 1.70. The average Bonchev–Trinajstić information content (AvgIpc) is 2.14. The van der Waals surface area contributed by atoms with Crippen molar-refractivity contribution >= 4 is 17.7 Å². The van der Waals surface area contributed by atoms with Gasteiger partial charge in [-0.1, -0.05) is 0 Å². The summed E-state index contributed by atoms with van der Waals surface area (Å²) in [6.45, 7) is 0.655. The van der Waals surface area contributed by atoms with Crippen LogP contribution < -0.4 is 10.2 Å². The van der Waals surface area contributed by atoms with Gasteiger partial charge in [0.05, 0.1) is 0 Å². The Morgan fingerprint density at radius 3 is 2.88 bits per heavy atom. The van der Waals surface area contributed by atoms with E-state index >= 15 is 0 Å². The van der Waals surface area contributed by atoms with Crippen molar-refractivity contribution in [2.24, 2.45) is 0 Å². The second-order valence-corrected chi connectivity index (χ2v) is 2.03. The summed E-state index contributed by atoms with van der Waals surface area (Å²) >= 11 is 5.23. The highest BCUT2D eigenvalue weighted by Gasteiger charge is 2.19. The van der Waals surface area contributed by atoms with Crippen LogP contribution in [0.3, 0.4) is 0 Å². The number of carbonyl (C=O) groups excluding carboxylic acids is 1. The molecule has 3 nitrogen and oxygen atoms in total. The summed E-state index contributed by atoms with van der Waals surface area (Å²) in [5.74, 6) is 0.0724. The topological polar surface area (TPSA) is 41.1 Å². The molecule has 0 aromatic rings. The van der Waals surface area contributed by atoms with Crippen LogP contribution in [0.25, 0.3) is 0 Å². The fourth-order valence-electron chi connectivity index (χ4n) is 0.682. The molecule has 1 rings (SSSR count). The lowest BCUT2D eigenvalue weighted by Crippen LogP contribution is -2.22. The van der Waals surface area contributed by atoms with Gasteiger partial charge < -0.3 is 5.32 Å². The maximum absolute atomic E-state index is 10.4. The number of rotatable bonds is 1. The summed E-state index contributed by atoms with van der Waals surface area (Å²) in [6.07, 6.45) is 0.503. The molecule has 1 atom stereocenters. The minimum absolute atomic E-state index is 0.0724. The Morgan fingerprint density at radius 1 is 1.88 bits per heavy atom. The van der Waals surface area contributed by atoms with E-state index in [1.807, 2.05) is 0 Å². The van der Waals surface area contributed by atoms with Crippen LogP contribution in [-0.4, -0.2) is 18.5 Å². The molecule has 0 bridgehead atoms. The molecule has 0 aromatic heterocycles. The third kappa shape index (κ3) is 1.11. The maximum Gasteiger partial charge on any atom is 0.221 e. The molecule has 4 heteroatoms. The van der Waals surface area contributed by atoms with Crippen molar-refractivity contribution in [3.8, 4) is 0 Å². The third-order valence-corrected chi connectivity index (χ3v) is 1.44. The van der Waals surface area contributed by atoms with Crippen LogP contribution in [-0.2, 0) is 4.79 Å². The van der Waals surface area contributed by atoms with Gasteiger partial charge in [0, 0.05) is 19.0 Å². The SMILES string of the molecule is O=C1CC(NCl)CN1. The van der Waals surface area contributed by atoms with E-state index in [1.54, 1.807) is 0 Å². The molecule has 1 unspecified atom stereocenters. The van der Waals surface area contributed by atoms with Crippen LogP contribution >= 0.6 is 11.8 Å². The number of hydrogen-bond acceptors (Lipinski definition) is 2. The second kappa shape index (κ2) is 2.33. The summed E-state index contributed by atoms with van der Waals surface area (Å²) < 4.78 is 0. The molecule has 0 aromatic carbocycles. The first kappa shape index (κ1) is 5.85. The van der Waals surface area contributed by atoms with Crippen molar-refractivity contribution in [2.45, 2.75) is 12.5 Å². The van der Waals surface area contributed by atoms with Gasteiger partial charge in [-0.05, 0) is 11.8 Å². The molecule has 0 aliphatic carbocycles. The van der Waals surface area contributed by atoms with Crippen LogP contribution in [0.5, 0.6) is 0 Å². The van der Waals surface area contributed by atoms with E-state index in [4.69, 9.17) is 11.8 Å². The minimum Gasteiger partial charge on any atom is -0.354 e. The third-order valence-electron chi connectivity index (χ3n) is 1.13. The van der Waals surface area contributed by atoms with E-state index in [-0.39, 0.29) is 11.9 Å². The second-order valence-electron chi connectivity index (χ2n) is 1.81. The molecule has 0 radical (unpaired) electrons. The van der Waals surface area contributed by atoms with E-state index in [2.05, 4.69) is 10.2 Å². The van der Waals surface area contributed by atoms with Gasteiger partial charge in [-0.2, -0.15) is 0 Å².